The Bertz CT molecular complexity index is 409. The van der Waals surface area contributed by atoms with Gasteiger partial charge in [0.05, 0.1) is 4.83 Å². The standard InChI is InChI=1S/C15H24BrN3O/c1-12(2)14(16)15(20)19(9-8-18(3)4)11-13-6-5-7-17-10-13/h5-7,10,12,14H,8-9,11H2,1-4H3. The summed E-state index contributed by atoms with van der Waals surface area (Å²) in [6.07, 6.45) is 3.56. The second kappa shape index (κ2) is 8.37. The van der Waals surface area contributed by atoms with Crippen LogP contribution in [0.1, 0.15) is 19.4 Å². The van der Waals surface area contributed by atoms with Gasteiger partial charge in [0.25, 0.3) is 0 Å². The number of aromatic nitrogens is 1. The summed E-state index contributed by atoms with van der Waals surface area (Å²) in [5.41, 5.74) is 1.06. The zero-order chi connectivity index (χ0) is 15.1. The molecule has 4 nitrogen and oxygen atoms in total. The Morgan fingerprint density at radius 3 is 2.55 bits per heavy atom. The van der Waals surface area contributed by atoms with Crippen molar-refractivity contribution in [2.45, 2.75) is 25.2 Å². The number of alkyl halides is 1. The molecule has 0 saturated carbocycles. The number of likely N-dealkylation sites (N-methyl/N-ethyl adjacent to an activating group) is 1. The topological polar surface area (TPSA) is 36.4 Å². The summed E-state index contributed by atoms with van der Waals surface area (Å²) in [5.74, 6) is 0.420. The molecule has 0 saturated heterocycles. The minimum Gasteiger partial charge on any atom is -0.336 e. The number of hydrogen-bond donors (Lipinski definition) is 0. The summed E-state index contributed by atoms with van der Waals surface area (Å²) in [6, 6.07) is 3.90. The molecule has 1 aromatic rings. The zero-order valence-electron chi connectivity index (χ0n) is 12.7. The second-order valence-electron chi connectivity index (χ2n) is 5.57. The van der Waals surface area contributed by atoms with E-state index in [4.69, 9.17) is 0 Å². The first-order valence-corrected chi connectivity index (χ1v) is 7.80. The third-order valence-corrected chi connectivity index (χ3v) is 4.50. The molecule has 1 heterocycles. The predicted molar refractivity (Wildman–Crippen MR) is 85.8 cm³/mol. The lowest BCUT2D eigenvalue weighted by Gasteiger charge is -2.27. The fraction of sp³-hybridized carbons (Fsp3) is 0.600. The molecule has 0 aromatic carbocycles. The molecule has 0 aliphatic heterocycles. The van der Waals surface area contributed by atoms with E-state index in [1.807, 2.05) is 51.2 Å². The molecule has 0 radical (unpaired) electrons. The van der Waals surface area contributed by atoms with E-state index in [2.05, 4.69) is 25.8 Å². The first-order valence-electron chi connectivity index (χ1n) is 6.88. The Kier molecular flexibility index (Phi) is 7.16. The number of halogens is 1. The quantitative estimate of drug-likeness (QED) is 0.714. The molecule has 20 heavy (non-hydrogen) atoms. The van der Waals surface area contributed by atoms with Gasteiger partial charge in [-0.2, -0.15) is 0 Å². The average molecular weight is 342 g/mol. The Hall–Kier alpha value is -0.940. The molecule has 1 unspecified atom stereocenters. The van der Waals surface area contributed by atoms with Crippen molar-refractivity contribution >= 4 is 21.8 Å². The van der Waals surface area contributed by atoms with Gasteiger partial charge in [0.15, 0.2) is 0 Å². The van der Waals surface area contributed by atoms with Crippen molar-refractivity contribution < 1.29 is 4.79 Å². The molecular formula is C15H24BrN3O. The molecule has 1 amide bonds. The number of pyridine rings is 1. The molecule has 1 atom stereocenters. The maximum Gasteiger partial charge on any atom is 0.236 e. The van der Waals surface area contributed by atoms with E-state index in [1.54, 1.807) is 6.20 Å². The van der Waals surface area contributed by atoms with Gasteiger partial charge in [-0.25, -0.2) is 0 Å². The fourth-order valence-corrected chi connectivity index (χ4v) is 2.05. The Morgan fingerprint density at radius 1 is 1.35 bits per heavy atom. The van der Waals surface area contributed by atoms with Crippen molar-refractivity contribution in [1.29, 1.82) is 0 Å². The van der Waals surface area contributed by atoms with Gasteiger partial charge in [-0.1, -0.05) is 35.8 Å². The molecule has 1 aromatic heterocycles. The van der Waals surface area contributed by atoms with E-state index in [0.717, 1.165) is 18.7 Å². The number of amides is 1. The van der Waals surface area contributed by atoms with Gasteiger partial charge in [0, 0.05) is 32.0 Å². The van der Waals surface area contributed by atoms with Crippen LogP contribution in [0.25, 0.3) is 0 Å². The summed E-state index contributed by atoms with van der Waals surface area (Å²) < 4.78 is 0. The molecule has 0 bridgehead atoms. The van der Waals surface area contributed by atoms with Gasteiger partial charge in [-0.3, -0.25) is 9.78 Å². The number of nitrogens with zero attached hydrogens (tertiary/aromatic N) is 3. The SMILES string of the molecule is CC(C)C(Br)C(=O)N(CCN(C)C)Cc1cccnc1. The Balaban J connectivity index is 2.76. The van der Waals surface area contributed by atoms with E-state index < -0.39 is 0 Å². The van der Waals surface area contributed by atoms with Gasteiger partial charge in [-0.15, -0.1) is 0 Å². The van der Waals surface area contributed by atoms with E-state index in [0.29, 0.717) is 6.54 Å². The van der Waals surface area contributed by atoms with Crippen molar-refractivity contribution in [2.75, 3.05) is 27.2 Å². The third-order valence-electron chi connectivity index (χ3n) is 3.05. The molecule has 0 aliphatic carbocycles. The summed E-state index contributed by atoms with van der Waals surface area (Å²) >= 11 is 3.51. The highest BCUT2D eigenvalue weighted by atomic mass is 79.9. The molecule has 5 heteroatoms. The molecular weight excluding hydrogens is 318 g/mol. The number of hydrogen-bond acceptors (Lipinski definition) is 3. The van der Waals surface area contributed by atoms with Crippen molar-refractivity contribution in [1.82, 2.24) is 14.8 Å². The molecule has 1 rings (SSSR count). The van der Waals surface area contributed by atoms with Gasteiger partial charge in [0.1, 0.15) is 0 Å². The molecule has 112 valence electrons. The number of rotatable bonds is 7. The van der Waals surface area contributed by atoms with Crippen LogP contribution in [0.15, 0.2) is 24.5 Å². The lowest BCUT2D eigenvalue weighted by Crippen LogP contribution is -2.41. The van der Waals surface area contributed by atoms with Crippen molar-refractivity contribution in [3.8, 4) is 0 Å². The van der Waals surface area contributed by atoms with Crippen LogP contribution in [0, 0.1) is 5.92 Å². The molecule has 0 aliphatic rings. The van der Waals surface area contributed by atoms with Crippen LogP contribution in [0.2, 0.25) is 0 Å². The van der Waals surface area contributed by atoms with Gasteiger partial charge >= 0.3 is 0 Å². The van der Waals surface area contributed by atoms with Gasteiger partial charge in [0.2, 0.25) is 5.91 Å². The monoisotopic (exact) mass is 341 g/mol. The van der Waals surface area contributed by atoms with Crippen LogP contribution in [-0.4, -0.2) is 52.7 Å². The predicted octanol–water partition coefficient (Wildman–Crippen LogP) is 2.39. The van der Waals surface area contributed by atoms with E-state index in [-0.39, 0.29) is 16.7 Å². The first kappa shape index (κ1) is 17.1. The fourth-order valence-electron chi connectivity index (χ4n) is 1.76. The summed E-state index contributed by atoms with van der Waals surface area (Å²) in [7, 11) is 4.03. The van der Waals surface area contributed by atoms with Crippen LogP contribution in [-0.2, 0) is 11.3 Å². The molecule has 0 N–H and O–H groups in total. The third kappa shape index (κ3) is 5.59. The highest BCUT2D eigenvalue weighted by Crippen LogP contribution is 2.16. The smallest absolute Gasteiger partial charge is 0.236 e. The number of carbonyl (C=O) groups excluding carboxylic acids is 1. The van der Waals surface area contributed by atoms with Crippen LogP contribution in [0.4, 0.5) is 0 Å². The van der Waals surface area contributed by atoms with Crippen LogP contribution in [0.5, 0.6) is 0 Å². The minimum atomic E-state index is -0.138. The largest absolute Gasteiger partial charge is 0.336 e. The van der Waals surface area contributed by atoms with Crippen molar-refractivity contribution in [3.05, 3.63) is 30.1 Å². The van der Waals surface area contributed by atoms with E-state index in [9.17, 15) is 4.79 Å². The normalized spacial score (nSPS) is 12.8. The highest BCUT2D eigenvalue weighted by Gasteiger charge is 2.24. The summed E-state index contributed by atoms with van der Waals surface area (Å²) in [6.45, 7) is 6.27. The summed E-state index contributed by atoms with van der Waals surface area (Å²) in [5, 5.41) is 0. The second-order valence-corrected chi connectivity index (χ2v) is 6.56. The van der Waals surface area contributed by atoms with Crippen molar-refractivity contribution in [3.63, 3.8) is 0 Å². The maximum atomic E-state index is 12.5. The van der Waals surface area contributed by atoms with E-state index in [1.165, 1.54) is 0 Å². The lowest BCUT2D eigenvalue weighted by atomic mass is 10.1. The lowest BCUT2D eigenvalue weighted by molar-refractivity contribution is -0.132. The zero-order valence-corrected chi connectivity index (χ0v) is 14.3. The Labute approximate surface area is 130 Å². The maximum absolute atomic E-state index is 12.5. The van der Waals surface area contributed by atoms with Gasteiger partial charge < -0.3 is 9.80 Å². The minimum absolute atomic E-state index is 0.138. The number of carbonyl (C=O) groups is 1. The van der Waals surface area contributed by atoms with E-state index >= 15 is 0 Å². The molecule has 0 fully saturated rings. The van der Waals surface area contributed by atoms with Crippen LogP contribution < -0.4 is 0 Å². The van der Waals surface area contributed by atoms with Gasteiger partial charge in [-0.05, 0) is 31.6 Å². The van der Waals surface area contributed by atoms with Crippen LogP contribution >= 0.6 is 15.9 Å². The average Bonchev–Trinajstić information content (AvgIpc) is 2.42. The van der Waals surface area contributed by atoms with Crippen LogP contribution in [0.3, 0.4) is 0 Å². The summed E-state index contributed by atoms with van der Waals surface area (Å²) in [4.78, 5) is 20.5. The van der Waals surface area contributed by atoms with Crippen molar-refractivity contribution in [2.24, 2.45) is 5.92 Å². The highest BCUT2D eigenvalue weighted by molar-refractivity contribution is 9.10. The molecule has 0 spiro atoms. The first-order chi connectivity index (χ1) is 9.41. The Morgan fingerprint density at radius 2 is 2.05 bits per heavy atom.